The lowest BCUT2D eigenvalue weighted by Gasteiger charge is -2.18. The smallest absolute Gasteiger partial charge is 0.130 e. The predicted octanol–water partition coefficient (Wildman–Crippen LogP) is 3.04. The monoisotopic (exact) mass is 243 g/mol. The molecule has 0 saturated heterocycles. The van der Waals surface area contributed by atoms with E-state index in [0.29, 0.717) is 18.7 Å². The molecule has 0 aliphatic rings. The van der Waals surface area contributed by atoms with Gasteiger partial charge >= 0.3 is 0 Å². The summed E-state index contributed by atoms with van der Waals surface area (Å²) in [5, 5.41) is 3.16. The maximum atomic E-state index is 13.5. The fourth-order valence-corrected chi connectivity index (χ4v) is 1.65. The number of halogens is 2. The zero-order valence-electron chi connectivity index (χ0n) is 10.5. The molecule has 2 unspecified atom stereocenters. The number of hydrogen-bond donors (Lipinski definition) is 1. The molecule has 0 heterocycles. The maximum absolute atomic E-state index is 13.5. The molecule has 0 bridgehead atoms. The van der Waals surface area contributed by atoms with Gasteiger partial charge in [0.1, 0.15) is 11.6 Å². The Kier molecular flexibility index (Phi) is 5.51. The fourth-order valence-electron chi connectivity index (χ4n) is 1.65. The van der Waals surface area contributed by atoms with Gasteiger partial charge in [-0.2, -0.15) is 0 Å². The van der Waals surface area contributed by atoms with Crippen LogP contribution in [0, 0.1) is 11.6 Å². The van der Waals surface area contributed by atoms with E-state index in [-0.39, 0.29) is 12.1 Å². The average molecular weight is 243 g/mol. The highest BCUT2D eigenvalue weighted by Crippen LogP contribution is 2.17. The number of nitrogens with one attached hydrogen (secondary N) is 1. The van der Waals surface area contributed by atoms with E-state index in [9.17, 15) is 8.78 Å². The van der Waals surface area contributed by atoms with Gasteiger partial charge in [0.25, 0.3) is 0 Å². The first kappa shape index (κ1) is 14.1. The van der Waals surface area contributed by atoms with Gasteiger partial charge in [-0.1, -0.05) is 6.07 Å². The Hall–Kier alpha value is -1.00. The van der Waals surface area contributed by atoms with Gasteiger partial charge in [-0.15, -0.1) is 0 Å². The highest BCUT2D eigenvalue weighted by atomic mass is 19.1. The highest BCUT2D eigenvalue weighted by Gasteiger charge is 2.12. The first-order valence-electron chi connectivity index (χ1n) is 5.84. The molecule has 0 aliphatic carbocycles. The van der Waals surface area contributed by atoms with Crippen LogP contribution in [0.1, 0.15) is 32.4 Å². The Morgan fingerprint density at radius 3 is 2.59 bits per heavy atom. The largest absolute Gasteiger partial charge is 0.377 e. The third-order valence-electron chi connectivity index (χ3n) is 2.59. The predicted molar refractivity (Wildman–Crippen MR) is 63.9 cm³/mol. The fraction of sp³-hybridized carbons (Fsp3) is 0.538. The summed E-state index contributed by atoms with van der Waals surface area (Å²) >= 11 is 0. The summed E-state index contributed by atoms with van der Waals surface area (Å²) in [6, 6.07) is 3.47. The topological polar surface area (TPSA) is 21.3 Å². The molecule has 17 heavy (non-hydrogen) atoms. The van der Waals surface area contributed by atoms with Gasteiger partial charge in [-0.05, 0) is 26.8 Å². The van der Waals surface area contributed by atoms with Gasteiger partial charge in [0.05, 0.1) is 6.10 Å². The summed E-state index contributed by atoms with van der Waals surface area (Å²) in [5.41, 5.74) is 0.468. The molecule has 2 nitrogen and oxygen atoms in total. The van der Waals surface area contributed by atoms with E-state index in [0.717, 1.165) is 6.07 Å². The lowest BCUT2D eigenvalue weighted by molar-refractivity contribution is 0.0742. The molecule has 1 aromatic rings. The molecule has 1 aromatic carbocycles. The van der Waals surface area contributed by atoms with Crippen molar-refractivity contribution in [3.05, 3.63) is 35.4 Å². The second-order valence-electron chi connectivity index (χ2n) is 4.06. The van der Waals surface area contributed by atoms with Crippen LogP contribution in [0.5, 0.6) is 0 Å². The molecule has 0 aliphatic heterocycles. The third kappa shape index (κ3) is 4.40. The van der Waals surface area contributed by atoms with E-state index in [1.165, 1.54) is 12.1 Å². The van der Waals surface area contributed by atoms with Crippen LogP contribution < -0.4 is 5.32 Å². The molecular formula is C13H19F2NO. The number of benzene rings is 1. The molecule has 0 saturated carbocycles. The molecule has 2 atom stereocenters. The van der Waals surface area contributed by atoms with Crippen molar-refractivity contribution >= 4 is 0 Å². The zero-order chi connectivity index (χ0) is 12.8. The average Bonchev–Trinajstić information content (AvgIpc) is 2.26. The lowest BCUT2D eigenvalue weighted by atomic mass is 10.1. The number of rotatable bonds is 6. The zero-order valence-corrected chi connectivity index (χ0v) is 10.5. The Morgan fingerprint density at radius 1 is 1.29 bits per heavy atom. The third-order valence-corrected chi connectivity index (χ3v) is 2.59. The van der Waals surface area contributed by atoms with Gasteiger partial charge < -0.3 is 10.1 Å². The van der Waals surface area contributed by atoms with E-state index in [1.807, 2.05) is 20.8 Å². The van der Waals surface area contributed by atoms with Gasteiger partial charge in [0, 0.05) is 30.8 Å². The van der Waals surface area contributed by atoms with E-state index >= 15 is 0 Å². The van der Waals surface area contributed by atoms with Crippen LogP contribution in [0.3, 0.4) is 0 Å². The van der Waals surface area contributed by atoms with Crippen molar-refractivity contribution in [1.82, 2.24) is 5.32 Å². The molecule has 0 fully saturated rings. The van der Waals surface area contributed by atoms with E-state index in [4.69, 9.17) is 4.74 Å². The Balaban J connectivity index is 2.54. The van der Waals surface area contributed by atoms with Crippen LogP contribution in [0.4, 0.5) is 8.78 Å². The molecular weight excluding hydrogens is 224 g/mol. The summed E-state index contributed by atoms with van der Waals surface area (Å²) in [6.45, 7) is 7.01. The minimum atomic E-state index is -0.555. The van der Waals surface area contributed by atoms with Crippen LogP contribution in [-0.4, -0.2) is 19.3 Å². The lowest BCUT2D eigenvalue weighted by Crippen LogP contribution is -2.29. The van der Waals surface area contributed by atoms with E-state index < -0.39 is 11.6 Å². The van der Waals surface area contributed by atoms with Crippen molar-refractivity contribution in [3.63, 3.8) is 0 Å². The van der Waals surface area contributed by atoms with Gasteiger partial charge in [-0.25, -0.2) is 8.78 Å². The minimum Gasteiger partial charge on any atom is -0.377 e. The van der Waals surface area contributed by atoms with Crippen molar-refractivity contribution in [3.8, 4) is 0 Å². The number of ether oxygens (including phenoxy) is 1. The molecule has 4 heteroatoms. The van der Waals surface area contributed by atoms with E-state index in [1.54, 1.807) is 0 Å². The first-order chi connectivity index (χ1) is 8.04. The second-order valence-corrected chi connectivity index (χ2v) is 4.06. The standard InChI is InChI=1S/C13H19F2NO/c1-4-17-9(2)8-16-10(3)12-6-5-11(14)7-13(12)15/h5-7,9-10,16H,4,8H2,1-3H3. The van der Waals surface area contributed by atoms with Crippen molar-refractivity contribution in [1.29, 1.82) is 0 Å². The Labute approximate surface area is 101 Å². The Morgan fingerprint density at radius 2 is 2.00 bits per heavy atom. The highest BCUT2D eigenvalue weighted by molar-refractivity contribution is 5.21. The van der Waals surface area contributed by atoms with Crippen molar-refractivity contribution < 1.29 is 13.5 Å². The summed E-state index contributed by atoms with van der Waals surface area (Å²) in [7, 11) is 0. The van der Waals surface area contributed by atoms with Gasteiger partial charge in [0.2, 0.25) is 0 Å². The summed E-state index contributed by atoms with van der Waals surface area (Å²) < 4.78 is 31.6. The molecule has 1 rings (SSSR count). The Bertz CT molecular complexity index is 357. The van der Waals surface area contributed by atoms with Crippen LogP contribution in [0.25, 0.3) is 0 Å². The molecule has 0 radical (unpaired) electrons. The second kappa shape index (κ2) is 6.67. The van der Waals surface area contributed by atoms with Crippen molar-refractivity contribution in [2.75, 3.05) is 13.2 Å². The quantitative estimate of drug-likeness (QED) is 0.829. The van der Waals surface area contributed by atoms with Crippen molar-refractivity contribution in [2.45, 2.75) is 32.9 Å². The van der Waals surface area contributed by atoms with Crippen molar-refractivity contribution in [2.24, 2.45) is 0 Å². The SMILES string of the molecule is CCOC(C)CNC(C)c1ccc(F)cc1F. The first-order valence-corrected chi connectivity index (χ1v) is 5.84. The van der Waals surface area contributed by atoms with Crippen LogP contribution in [0.2, 0.25) is 0 Å². The molecule has 0 aromatic heterocycles. The normalized spacial score (nSPS) is 14.6. The van der Waals surface area contributed by atoms with Gasteiger partial charge in [0.15, 0.2) is 0 Å². The summed E-state index contributed by atoms with van der Waals surface area (Å²) in [6.07, 6.45) is 0.0750. The summed E-state index contributed by atoms with van der Waals surface area (Å²) in [5.74, 6) is -1.07. The number of hydrogen-bond acceptors (Lipinski definition) is 2. The van der Waals surface area contributed by atoms with Crippen LogP contribution in [-0.2, 0) is 4.74 Å². The van der Waals surface area contributed by atoms with E-state index in [2.05, 4.69) is 5.32 Å². The minimum absolute atomic E-state index is 0.0750. The van der Waals surface area contributed by atoms with Crippen LogP contribution in [0.15, 0.2) is 18.2 Å². The van der Waals surface area contributed by atoms with Crippen LogP contribution >= 0.6 is 0 Å². The maximum Gasteiger partial charge on any atom is 0.130 e. The molecule has 96 valence electrons. The summed E-state index contributed by atoms with van der Waals surface area (Å²) in [4.78, 5) is 0. The van der Waals surface area contributed by atoms with Gasteiger partial charge in [-0.3, -0.25) is 0 Å². The molecule has 0 amide bonds. The molecule has 1 N–H and O–H groups in total. The molecule has 0 spiro atoms.